The molecule has 0 aromatic rings. The molecule has 0 radical (unpaired) electrons. The van der Waals surface area contributed by atoms with Crippen molar-refractivity contribution in [2.24, 2.45) is 0 Å². The number of nitrogens with one attached hydrogen (secondary N) is 1. The van der Waals surface area contributed by atoms with E-state index in [0.717, 1.165) is 18.6 Å². The first-order valence-electron chi connectivity index (χ1n) is 3.35. The lowest BCUT2D eigenvalue weighted by atomic mass is 10.4. The SMILES string of the molecule is CCCNC(=O)/C=C/C(=O)O. The third-order valence-electron chi connectivity index (χ3n) is 0.927. The number of aliphatic carboxylic acids is 1. The Bertz CT molecular complexity index is 175. The average molecular weight is 157 g/mol. The maximum atomic E-state index is 10.6. The molecule has 0 fully saturated rings. The van der Waals surface area contributed by atoms with E-state index in [1.807, 2.05) is 6.92 Å². The number of hydrogen-bond acceptors (Lipinski definition) is 2. The number of carbonyl (C=O) groups is 2. The van der Waals surface area contributed by atoms with Gasteiger partial charge in [-0.15, -0.1) is 0 Å². The van der Waals surface area contributed by atoms with Gasteiger partial charge in [0.15, 0.2) is 0 Å². The quantitative estimate of drug-likeness (QED) is 0.571. The third-order valence-corrected chi connectivity index (χ3v) is 0.927. The highest BCUT2D eigenvalue weighted by Crippen LogP contribution is 1.75. The van der Waals surface area contributed by atoms with Gasteiger partial charge in [0.05, 0.1) is 0 Å². The lowest BCUT2D eigenvalue weighted by Crippen LogP contribution is -2.21. The topological polar surface area (TPSA) is 66.4 Å². The van der Waals surface area contributed by atoms with Gasteiger partial charge in [0.2, 0.25) is 5.91 Å². The number of amides is 1. The number of carboxylic acid groups (broad SMARTS) is 1. The zero-order valence-electron chi connectivity index (χ0n) is 6.33. The first-order valence-corrected chi connectivity index (χ1v) is 3.35. The summed E-state index contributed by atoms with van der Waals surface area (Å²) >= 11 is 0. The summed E-state index contributed by atoms with van der Waals surface area (Å²) in [6, 6.07) is 0. The summed E-state index contributed by atoms with van der Waals surface area (Å²) in [4.78, 5) is 20.6. The van der Waals surface area contributed by atoms with Crippen LogP contribution in [0.25, 0.3) is 0 Å². The van der Waals surface area contributed by atoms with Crippen molar-refractivity contribution >= 4 is 11.9 Å². The van der Waals surface area contributed by atoms with Gasteiger partial charge < -0.3 is 10.4 Å². The second-order valence-electron chi connectivity index (χ2n) is 1.96. The van der Waals surface area contributed by atoms with Crippen molar-refractivity contribution < 1.29 is 14.7 Å². The highest BCUT2D eigenvalue weighted by atomic mass is 16.4. The second kappa shape index (κ2) is 5.46. The van der Waals surface area contributed by atoms with Crippen molar-refractivity contribution in [1.29, 1.82) is 0 Å². The molecule has 0 saturated carbocycles. The van der Waals surface area contributed by atoms with Crippen LogP contribution >= 0.6 is 0 Å². The fraction of sp³-hybridized carbons (Fsp3) is 0.429. The smallest absolute Gasteiger partial charge is 0.328 e. The lowest BCUT2D eigenvalue weighted by molar-refractivity contribution is -0.131. The fourth-order valence-electron chi connectivity index (χ4n) is 0.454. The highest BCUT2D eigenvalue weighted by Gasteiger charge is 1.93. The van der Waals surface area contributed by atoms with E-state index in [0.29, 0.717) is 6.54 Å². The van der Waals surface area contributed by atoms with E-state index in [2.05, 4.69) is 5.32 Å². The molecular formula is C7H11NO3. The van der Waals surface area contributed by atoms with Crippen LogP contribution in [0.3, 0.4) is 0 Å². The Balaban J connectivity index is 3.60. The standard InChI is InChI=1S/C7H11NO3/c1-2-5-8-6(9)3-4-7(10)11/h3-4H,2,5H2,1H3,(H,8,9)(H,10,11)/b4-3+. The van der Waals surface area contributed by atoms with Crippen molar-refractivity contribution in [2.75, 3.05) is 6.54 Å². The maximum Gasteiger partial charge on any atom is 0.328 e. The van der Waals surface area contributed by atoms with Crippen LogP contribution in [0.15, 0.2) is 12.2 Å². The van der Waals surface area contributed by atoms with Crippen molar-refractivity contribution in [3.8, 4) is 0 Å². The molecule has 0 bridgehead atoms. The number of hydrogen-bond donors (Lipinski definition) is 2. The van der Waals surface area contributed by atoms with Crippen LogP contribution in [0.2, 0.25) is 0 Å². The molecule has 4 heteroatoms. The Labute approximate surface area is 64.9 Å². The molecule has 0 aliphatic rings. The van der Waals surface area contributed by atoms with Crippen molar-refractivity contribution in [1.82, 2.24) is 5.32 Å². The fourth-order valence-corrected chi connectivity index (χ4v) is 0.454. The van der Waals surface area contributed by atoms with Gasteiger partial charge in [-0.1, -0.05) is 6.92 Å². The van der Waals surface area contributed by atoms with Crippen LogP contribution in [-0.2, 0) is 9.59 Å². The normalized spacial score (nSPS) is 9.91. The zero-order chi connectivity index (χ0) is 8.69. The Kier molecular flexibility index (Phi) is 4.81. The molecule has 0 aromatic carbocycles. The summed E-state index contributed by atoms with van der Waals surface area (Å²) < 4.78 is 0. The number of rotatable bonds is 4. The molecule has 0 unspecified atom stereocenters. The molecule has 0 saturated heterocycles. The number of carboxylic acids is 1. The lowest BCUT2D eigenvalue weighted by Gasteiger charge is -1.95. The minimum atomic E-state index is -1.11. The van der Waals surface area contributed by atoms with Crippen molar-refractivity contribution in [3.63, 3.8) is 0 Å². The van der Waals surface area contributed by atoms with Crippen LogP contribution < -0.4 is 5.32 Å². The summed E-state index contributed by atoms with van der Waals surface area (Å²) in [5.74, 6) is -1.48. The van der Waals surface area contributed by atoms with Crippen LogP contribution in [0.5, 0.6) is 0 Å². The second-order valence-corrected chi connectivity index (χ2v) is 1.96. The Hall–Kier alpha value is -1.32. The minimum absolute atomic E-state index is 0.366. The first kappa shape index (κ1) is 9.68. The molecule has 0 rings (SSSR count). The van der Waals surface area contributed by atoms with E-state index in [-0.39, 0.29) is 5.91 Å². The van der Waals surface area contributed by atoms with E-state index in [4.69, 9.17) is 5.11 Å². The van der Waals surface area contributed by atoms with E-state index in [9.17, 15) is 9.59 Å². The molecule has 1 amide bonds. The molecule has 0 atom stereocenters. The molecule has 0 spiro atoms. The molecule has 0 heterocycles. The van der Waals surface area contributed by atoms with E-state index in [1.165, 1.54) is 0 Å². The minimum Gasteiger partial charge on any atom is -0.478 e. The number of carbonyl (C=O) groups excluding carboxylic acids is 1. The summed E-state index contributed by atoms with van der Waals surface area (Å²) in [6.45, 7) is 2.49. The van der Waals surface area contributed by atoms with E-state index >= 15 is 0 Å². The van der Waals surface area contributed by atoms with Crippen LogP contribution in [-0.4, -0.2) is 23.5 Å². The molecule has 4 nitrogen and oxygen atoms in total. The van der Waals surface area contributed by atoms with Gasteiger partial charge >= 0.3 is 5.97 Å². The molecule has 0 aliphatic carbocycles. The van der Waals surface area contributed by atoms with E-state index < -0.39 is 5.97 Å². The Morgan fingerprint density at radius 3 is 2.55 bits per heavy atom. The van der Waals surface area contributed by atoms with Gasteiger partial charge in [0.1, 0.15) is 0 Å². The predicted octanol–water partition coefficient (Wildman–Crippen LogP) is 0.153. The van der Waals surface area contributed by atoms with Gasteiger partial charge in [-0.3, -0.25) is 4.79 Å². The van der Waals surface area contributed by atoms with Crippen molar-refractivity contribution in [3.05, 3.63) is 12.2 Å². The molecule has 11 heavy (non-hydrogen) atoms. The molecule has 0 aromatic heterocycles. The van der Waals surface area contributed by atoms with Gasteiger partial charge in [-0.25, -0.2) is 4.79 Å². The summed E-state index contributed by atoms with van der Waals surface area (Å²) in [7, 11) is 0. The molecule has 62 valence electrons. The zero-order valence-corrected chi connectivity index (χ0v) is 6.33. The van der Waals surface area contributed by atoms with E-state index in [1.54, 1.807) is 0 Å². The molecular weight excluding hydrogens is 146 g/mol. The maximum absolute atomic E-state index is 10.6. The first-order chi connectivity index (χ1) is 5.16. The van der Waals surface area contributed by atoms with Crippen LogP contribution in [0, 0.1) is 0 Å². The van der Waals surface area contributed by atoms with Gasteiger partial charge in [-0.05, 0) is 6.42 Å². The largest absolute Gasteiger partial charge is 0.478 e. The average Bonchev–Trinajstić information content (AvgIpc) is 1.97. The third kappa shape index (κ3) is 6.57. The van der Waals surface area contributed by atoms with Gasteiger partial charge in [-0.2, -0.15) is 0 Å². The van der Waals surface area contributed by atoms with Gasteiger partial charge in [0, 0.05) is 18.7 Å². The van der Waals surface area contributed by atoms with Gasteiger partial charge in [0.25, 0.3) is 0 Å². The predicted molar refractivity (Wildman–Crippen MR) is 40.1 cm³/mol. The highest BCUT2D eigenvalue weighted by molar-refractivity contribution is 5.93. The molecule has 0 aliphatic heterocycles. The summed E-state index contributed by atoms with van der Waals surface area (Å²) in [6.07, 6.45) is 2.65. The monoisotopic (exact) mass is 157 g/mol. The summed E-state index contributed by atoms with van der Waals surface area (Å²) in [5, 5.41) is 10.6. The Morgan fingerprint density at radius 1 is 1.45 bits per heavy atom. The Morgan fingerprint density at radius 2 is 2.09 bits per heavy atom. The van der Waals surface area contributed by atoms with Crippen molar-refractivity contribution in [2.45, 2.75) is 13.3 Å². The molecule has 2 N–H and O–H groups in total. The van der Waals surface area contributed by atoms with Crippen LogP contribution in [0.1, 0.15) is 13.3 Å². The van der Waals surface area contributed by atoms with Crippen LogP contribution in [0.4, 0.5) is 0 Å². The summed E-state index contributed by atoms with van der Waals surface area (Å²) in [5.41, 5.74) is 0.